The first-order chi connectivity index (χ1) is 10.4. The van der Waals surface area contributed by atoms with Crippen LogP contribution in [-0.2, 0) is 4.74 Å². The predicted molar refractivity (Wildman–Crippen MR) is 67.4 cm³/mol. The number of aliphatic hydroxyl groups excluding tert-OH is 3. The fraction of sp³-hybridized carbons (Fsp3) is 0.455. The van der Waals surface area contributed by atoms with E-state index in [-0.39, 0.29) is 11.2 Å². The number of hydrogen-bond acceptors (Lipinski definition) is 8. The first-order valence-electron chi connectivity index (χ1n) is 6.23. The Kier molecular flexibility index (Phi) is 3.48. The molecular formula is C11H11FN4O6. The van der Waals surface area contributed by atoms with Gasteiger partial charge < -0.3 is 25.0 Å². The Bertz CT molecular complexity index is 835. The van der Waals surface area contributed by atoms with E-state index in [1.165, 1.54) is 0 Å². The number of halogens is 1. The van der Waals surface area contributed by atoms with E-state index in [0.717, 1.165) is 10.8 Å². The van der Waals surface area contributed by atoms with E-state index < -0.39 is 48.3 Å². The first-order valence-corrected chi connectivity index (χ1v) is 6.23. The van der Waals surface area contributed by atoms with E-state index in [4.69, 9.17) is 9.84 Å². The molecule has 0 radical (unpaired) electrons. The second-order valence-electron chi connectivity index (χ2n) is 4.75. The first kappa shape index (κ1) is 14.7. The van der Waals surface area contributed by atoms with Crippen molar-refractivity contribution in [3.05, 3.63) is 33.0 Å². The molecule has 0 spiro atoms. The lowest BCUT2D eigenvalue weighted by Gasteiger charge is -2.17. The summed E-state index contributed by atoms with van der Waals surface area (Å²) in [5.41, 5.74) is -2.40. The Morgan fingerprint density at radius 3 is 2.68 bits per heavy atom. The van der Waals surface area contributed by atoms with Crippen molar-refractivity contribution >= 4 is 11.2 Å². The average molecular weight is 314 g/mol. The van der Waals surface area contributed by atoms with Crippen molar-refractivity contribution in [1.29, 1.82) is 0 Å². The van der Waals surface area contributed by atoms with Gasteiger partial charge in [-0.3, -0.25) is 9.36 Å². The maximum atomic E-state index is 13.2. The molecule has 2 aromatic rings. The summed E-state index contributed by atoms with van der Waals surface area (Å²) in [5, 5.41) is 28.6. The normalized spacial score (nSPS) is 28.4. The highest BCUT2D eigenvalue weighted by atomic mass is 19.1. The summed E-state index contributed by atoms with van der Waals surface area (Å²) < 4.78 is 19.2. The van der Waals surface area contributed by atoms with Crippen LogP contribution in [0.25, 0.3) is 11.2 Å². The molecular weight excluding hydrogens is 303 g/mol. The number of aromatic amines is 1. The van der Waals surface area contributed by atoms with Crippen LogP contribution in [0.5, 0.6) is 0 Å². The standard InChI is InChI=1S/C11H11FN4O6/c12-7-9(20)14-8-3(13-7)1-16(11(21)15-8)10-6(19)5(18)4(2-17)22-10/h1,4-6,10,17-19H,2H2,(H,14,15,20,21)/t4-,5?,6+,10-/m1/s1. The molecule has 10 nitrogen and oxygen atoms in total. The van der Waals surface area contributed by atoms with Gasteiger partial charge >= 0.3 is 11.2 Å². The Morgan fingerprint density at radius 2 is 2.05 bits per heavy atom. The van der Waals surface area contributed by atoms with E-state index in [0.29, 0.717) is 0 Å². The van der Waals surface area contributed by atoms with Crippen molar-refractivity contribution in [2.45, 2.75) is 24.5 Å². The number of nitrogens with one attached hydrogen (secondary N) is 1. The third kappa shape index (κ3) is 2.20. The number of nitrogens with zero attached hydrogens (tertiary/aromatic N) is 3. The minimum atomic E-state index is -1.50. The summed E-state index contributed by atoms with van der Waals surface area (Å²) in [7, 11) is 0. The largest absolute Gasteiger partial charge is 0.394 e. The molecule has 118 valence electrons. The van der Waals surface area contributed by atoms with Gasteiger partial charge in [-0.05, 0) is 0 Å². The summed E-state index contributed by atoms with van der Waals surface area (Å²) in [6.45, 7) is -0.565. The molecule has 1 aliphatic heterocycles. The summed E-state index contributed by atoms with van der Waals surface area (Å²) in [4.78, 5) is 31.9. The lowest BCUT2D eigenvalue weighted by Crippen LogP contribution is -2.36. The van der Waals surface area contributed by atoms with E-state index in [9.17, 15) is 24.2 Å². The average Bonchev–Trinajstić information content (AvgIpc) is 2.76. The monoisotopic (exact) mass is 314 g/mol. The van der Waals surface area contributed by atoms with Gasteiger partial charge in [0, 0.05) is 6.20 Å². The third-order valence-electron chi connectivity index (χ3n) is 3.36. The quantitative estimate of drug-likeness (QED) is 0.465. The lowest BCUT2D eigenvalue weighted by atomic mass is 10.1. The van der Waals surface area contributed by atoms with Crippen LogP contribution >= 0.6 is 0 Å². The topological polar surface area (TPSA) is 151 Å². The molecule has 1 saturated heterocycles. The van der Waals surface area contributed by atoms with E-state index in [1.54, 1.807) is 0 Å². The van der Waals surface area contributed by atoms with Crippen LogP contribution in [0.15, 0.2) is 15.8 Å². The van der Waals surface area contributed by atoms with Crippen molar-refractivity contribution in [2.75, 3.05) is 6.61 Å². The van der Waals surface area contributed by atoms with Gasteiger partial charge in [0.05, 0.1) is 6.61 Å². The van der Waals surface area contributed by atoms with Gasteiger partial charge in [0.1, 0.15) is 23.8 Å². The van der Waals surface area contributed by atoms with Gasteiger partial charge in [-0.15, -0.1) is 0 Å². The maximum Gasteiger partial charge on any atom is 0.351 e. The number of aromatic nitrogens is 4. The van der Waals surface area contributed by atoms with E-state index in [1.807, 2.05) is 4.98 Å². The minimum Gasteiger partial charge on any atom is -0.394 e. The lowest BCUT2D eigenvalue weighted by molar-refractivity contribution is -0.0547. The van der Waals surface area contributed by atoms with Gasteiger partial charge in [-0.25, -0.2) is 9.78 Å². The highest BCUT2D eigenvalue weighted by Crippen LogP contribution is 2.28. The van der Waals surface area contributed by atoms with Crippen LogP contribution < -0.4 is 11.2 Å². The molecule has 3 heterocycles. The molecule has 1 fully saturated rings. The molecule has 4 atom stereocenters. The van der Waals surface area contributed by atoms with Crippen LogP contribution in [0, 0.1) is 5.95 Å². The Balaban J connectivity index is 2.12. The zero-order chi connectivity index (χ0) is 16.0. The number of ether oxygens (including phenoxy) is 1. The van der Waals surface area contributed by atoms with Gasteiger partial charge in [0.25, 0.3) is 5.95 Å². The maximum absolute atomic E-state index is 13.2. The molecule has 0 bridgehead atoms. The van der Waals surface area contributed by atoms with Gasteiger partial charge in [0.15, 0.2) is 11.9 Å². The fourth-order valence-corrected chi connectivity index (χ4v) is 2.24. The Morgan fingerprint density at radius 1 is 1.32 bits per heavy atom. The molecule has 1 unspecified atom stereocenters. The van der Waals surface area contributed by atoms with E-state index in [2.05, 4.69) is 9.97 Å². The molecule has 0 amide bonds. The molecule has 2 aromatic heterocycles. The Labute approximate surface area is 120 Å². The molecule has 0 aromatic carbocycles. The molecule has 3 rings (SSSR count). The number of fused-ring (bicyclic) bond motifs is 1. The van der Waals surface area contributed by atoms with Crippen LogP contribution in [-0.4, -0.2) is 59.8 Å². The highest BCUT2D eigenvalue weighted by molar-refractivity contribution is 5.67. The summed E-state index contributed by atoms with van der Waals surface area (Å²) >= 11 is 0. The highest BCUT2D eigenvalue weighted by Gasteiger charge is 2.43. The van der Waals surface area contributed by atoms with Crippen LogP contribution in [0.2, 0.25) is 0 Å². The number of aliphatic hydroxyl groups is 3. The molecule has 22 heavy (non-hydrogen) atoms. The second-order valence-corrected chi connectivity index (χ2v) is 4.75. The number of hydrogen-bond donors (Lipinski definition) is 4. The zero-order valence-corrected chi connectivity index (χ0v) is 10.9. The van der Waals surface area contributed by atoms with Crippen LogP contribution in [0.3, 0.4) is 0 Å². The molecule has 11 heteroatoms. The van der Waals surface area contributed by atoms with Crippen LogP contribution in [0.1, 0.15) is 6.23 Å². The SMILES string of the molecule is O=c1[nH]c2nc(=O)n([C@@H]3O[C@H](CO)C(O)[C@@H]3O)cc2nc1F. The molecule has 1 aliphatic rings. The van der Waals surface area contributed by atoms with Gasteiger partial charge in [0.2, 0.25) is 0 Å². The van der Waals surface area contributed by atoms with Crippen LogP contribution in [0.4, 0.5) is 4.39 Å². The van der Waals surface area contributed by atoms with Crippen molar-refractivity contribution in [3.8, 4) is 0 Å². The summed E-state index contributed by atoms with van der Waals surface area (Å²) in [6, 6.07) is 0. The molecule has 4 N–H and O–H groups in total. The molecule has 0 aliphatic carbocycles. The smallest absolute Gasteiger partial charge is 0.351 e. The van der Waals surface area contributed by atoms with Crippen molar-refractivity contribution in [1.82, 2.24) is 19.5 Å². The van der Waals surface area contributed by atoms with E-state index >= 15 is 0 Å². The van der Waals surface area contributed by atoms with Gasteiger partial charge in [-0.1, -0.05) is 0 Å². The third-order valence-corrected chi connectivity index (χ3v) is 3.36. The van der Waals surface area contributed by atoms with Crippen molar-refractivity contribution in [2.24, 2.45) is 0 Å². The summed E-state index contributed by atoms with van der Waals surface area (Å²) in [6.07, 6.45) is -4.28. The fourth-order valence-electron chi connectivity index (χ4n) is 2.24. The number of H-pyrrole nitrogens is 1. The number of rotatable bonds is 2. The molecule has 0 saturated carbocycles. The van der Waals surface area contributed by atoms with Gasteiger partial charge in [-0.2, -0.15) is 9.37 Å². The van der Waals surface area contributed by atoms with Crippen molar-refractivity contribution in [3.63, 3.8) is 0 Å². The Hall–Kier alpha value is -2.21. The minimum absolute atomic E-state index is 0.144. The predicted octanol–water partition coefficient (Wildman–Crippen LogP) is -2.77. The zero-order valence-electron chi connectivity index (χ0n) is 10.9. The second kappa shape index (κ2) is 5.21. The van der Waals surface area contributed by atoms with Crippen molar-refractivity contribution < 1.29 is 24.4 Å². The summed E-state index contributed by atoms with van der Waals surface area (Å²) in [5.74, 6) is -1.30.